The number of aromatic nitrogens is 3. The second kappa shape index (κ2) is 5.80. The summed E-state index contributed by atoms with van der Waals surface area (Å²) >= 11 is 3.48. The summed E-state index contributed by atoms with van der Waals surface area (Å²) in [5.74, 6) is 1.42. The third-order valence-corrected chi connectivity index (χ3v) is 3.60. The van der Waals surface area contributed by atoms with Crippen molar-refractivity contribution in [3.8, 4) is 0 Å². The number of nitrogens with zero attached hydrogens (tertiary/aromatic N) is 3. The molecule has 0 saturated carbocycles. The molecular formula is C13H19BrN4. The zero-order chi connectivity index (χ0) is 13.1. The SMILES string of the molecule is CC(N)CCCC(C)c1nnc2ccc(Br)cn12. The summed E-state index contributed by atoms with van der Waals surface area (Å²) < 4.78 is 3.10. The van der Waals surface area contributed by atoms with Crippen molar-refractivity contribution in [3.05, 3.63) is 28.6 Å². The first-order valence-corrected chi connectivity index (χ1v) is 7.13. The van der Waals surface area contributed by atoms with Gasteiger partial charge in [0.1, 0.15) is 5.82 Å². The van der Waals surface area contributed by atoms with Crippen LogP contribution in [0.3, 0.4) is 0 Å². The highest BCUT2D eigenvalue weighted by Gasteiger charge is 2.13. The van der Waals surface area contributed by atoms with Crippen LogP contribution < -0.4 is 5.73 Å². The molecule has 0 bridgehead atoms. The van der Waals surface area contributed by atoms with Gasteiger partial charge in [-0.3, -0.25) is 4.40 Å². The van der Waals surface area contributed by atoms with E-state index in [1.54, 1.807) is 0 Å². The number of fused-ring (bicyclic) bond motifs is 1. The molecule has 4 nitrogen and oxygen atoms in total. The first kappa shape index (κ1) is 13.5. The number of hydrogen-bond acceptors (Lipinski definition) is 3. The lowest BCUT2D eigenvalue weighted by atomic mass is 10.0. The van der Waals surface area contributed by atoms with E-state index >= 15 is 0 Å². The molecule has 0 saturated heterocycles. The molecule has 5 heteroatoms. The van der Waals surface area contributed by atoms with Crippen LogP contribution in [-0.2, 0) is 0 Å². The molecule has 0 aliphatic heterocycles. The molecule has 0 spiro atoms. The lowest BCUT2D eigenvalue weighted by Crippen LogP contribution is -2.14. The highest BCUT2D eigenvalue weighted by atomic mass is 79.9. The van der Waals surface area contributed by atoms with E-state index in [1.807, 2.05) is 25.3 Å². The van der Waals surface area contributed by atoms with Gasteiger partial charge >= 0.3 is 0 Å². The van der Waals surface area contributed by atoms with Gasteiger partial charge in [-0.15, -0.1) is 10.2 Å². The largest absolute Gasteiger partial charge is 0.328 e. The Hall–Kier alpha value is -0.940. The summed E-state index contributed by atoms with van der Waals surface area (Å²) in [7, 11) is 0. The number of pyridine rings is 1. The number of nitrogens with two attached hydrogens (primary N) is 1. The summed E-state index contributed by atoms with van der Waals surface area (Å²) in [6, 6.07) is 4.23. The fourth-order valence-electron chi connectivity index (χ4n) is 2.09. The molecule has 18 heavy (non-hydrogen) atoms. The average molecular weight is 311 g/mol. The van der Waals surface area contributed by atoms with Gasteiger partial charge in [0.25, 0.3) is 0 Å². The van der Waals surface area contributed by atoms with Crippen molar-refractivity contribution in [3.63, 3.8) is 0 Å². The van der Waals surface area contributed by atoms with Crippen molar-refractivity contribution < 1.29 is 0 Å². The quantitative estimate of drug-likeness (QED) is 0.923. The van der Waals surface area contributed by atoms with Gasteiger partial charge in [0.15, 0.2) is 5.65 Å². The summed E-state index contributed by atoms with van der Waals surface area (Å²) in [5, 5.41) is 8.49. The molecule has 0 radical (unpaired) electrons. The van der Waals surface area contributed by atoms with E-state index in [4.69, 9.17) is 5.73 Å². The smallest absolute Gasteiger partial charge is 0.160 e. The fraction of sp³-hybridized carbons (Fsp3) is 0.538. The van der Waals surface area contributed by atoms with Crippen LogP contribution in [0.15, 0.2) is 22.8 Å². The average Bonchev–Trinajstić information content (AvgIpc) is 2.71. The van der Waals surface area contributed by atoms with Gasteiger partial charge in [0.05, 0.1) is 0 Å². The third-order valence-electron chi connectivity index (χ3n) is 3.13. The summed E-state index contributed by atoms with van der Waals surface area (Å²) in [5.41, 5.74) is 6.66. The van der Waals surface area contributed by atoms with Crippen molar-refractivity contribution in [2.24, 2.45) is 5.73 Å². The number of hydrogen-bond donors (Lipinski definition) is 1. The Morgan fingerprint density at radius 3 is 2.78 bits per heavy atom. The van der Waals surface area contributed by atoms with Crippen molar-refractivity contribution >= 4 is 21.6 Å². The van der Waals surface area contributed by atoms with Crippen LogP contribution in [0.25, 0.3) is 5.65 Å². The van der Waals surface area contributed by atoms with E-state index in [-0.39, 0.29) is 6.04 Å². The van der Waals surface area contributed by atoms with Gasteiger partial charge in [-0.05, 0) is 47.8 Å². The molecule has 2 aromatic heterocycles. The number of rotatable bonds is 5. The Labute approximate surface area is 116 Å². The van der Waals surface area contributed by atoms with Crippen LogP contribution in [0, 0.1) is 0 Å². The van der Waals surface area contributed by atoms with Gasteiger partial charge in [-0.1, -0.05) is 13.3 Å². The second-order valence-corrected chi connectivity index (χ2v) is 5.86. The number of halogens is 1. The van der Waals surface area contributed by atoms with Crippen LogP contribution in [0.5, 0.6) is 0 Å². The van der Waals surface area contributed by atoms with Crippen LogP contribution in [0.2, 0.25) is 0 Å². The van der Waals surface area contributed by atoms with Crippen molar-refractivity contribution in [2.75, 3.05) is 0 Å². The van der Waals surface area contributed by atoms with E-state index < -0.39 is 0 Å². The molecule has 0 aliphatic rings. The second-order valence-electron chi connectivity index (χ2n) is 4.94. The standard InChI is InChI=1S/C13H19BrN4/c1-9(4-3-5-10(2)15)13-17-16-12-7-6-11(14)8-18(12)13/h6-10H,3-5,15H2,1-2H3. The Morgan fingerprint density at radius 2 is 2.06 bits per heavy atom. The topological polar surface area (TPSA) is 56.2 Å². The van der Waals surface area contributed by atoms with Crippen molar-refractivity contribution in [1.29, 1.82) is 0 Å². The highest BCUT2D eigenvalue weighted by Crippen LogP contribution is 2.22. The Morgan fingerprint density at radius 1 is 1.28 bits per heavy atom. The maximum atomic E-state index is 5.77. The van der Waals surface area contributed by atoms with Crippen molar-refractivity contribution in [1.82, 2.24) is 14.6 Å². The molecule has 2 aromatic rings. The Kier molecular flexibility index (Phi) is 4.35. The Balaban J connectivity index is 2.12. The van der Waals surface area contributed by atoms with E-state index in [1.165, 1.54) is 0 Å². The predicted molar refractivity (Wildman–Crippen MR) is 76.6 cm³/mol. The van der Waals surface area contributed by atoms with Crippen LogP contribution in [-0.4, -0.2) is 20.6 Å². The van der Waals surface area contributed by atoms with Crippen LogP contribution >= 0.6 is 15.9 Å². The van der Waals surface area contributed by atoms with Gasteiger partial charge in [-0.2, -0.15) is 0 Å². The molecule has 0 aromatic carbocycles. The lowest BCUT2D eigenvalue weighted by Gasteiger charge is -2.10. The van der Waals surface area contributed by atoms with Gasteiger partial charge in [0.2, 0.25) is 0 Å². The Bertz CT molecular complexity index is 521. The van der Waals surface area contributed by atoms with Gasteiger partial charge < -0.3 is 5.73 Å². The fourth-order valence-corrected chi connectivity index (χ4v) is 2.43. The van der Waals surface area contributed by atoms with Gasteiger partial charge in [0, 0.05) is 22.6 Å². The maximum absolute atomic E-state index is 5.77. The normalized spacial score (nSPS) is 14.9. The molecule has 2 N–H and O–H groups in total. The minimum absolute atomic E-state index is 0.279. The minimum atomic E-state index is 0.279. The first-order valence-electron chi connectivity index (χ1n) is 6.33. The highest BCUT2D eigenvalue weighted by molar-refractivity contribution is 9.10. The minimum Gasteiger partial charge on any atom is -0.328 e. The van der Waals surface area contributed by atoms with Crippen LogP contribution in [0.4, 0.5) is 0 Å². The maximum Gasteiger partial charge on any atom is 0.160 e. The van der Waals surface area contributed by atoms with Gasteiger partial charge in [-0.25, -0.2) is 0 Å². The monoisotopic (exact) mass is 310 g/mol. The van der Waals surface area contributed by atoms with E-state index in [2.05, 4.69) is 37.5 Å². The molecule has 2 rings (SSSR count). The molecule has 0 aliphatic carbocycles. The van der Waals surface area contributed by atoms with E-state index in [0.717, 1.165) is 35.2 Å². The van der Waals surface area contributed by atoms with E-state index in [9.17, 15) is 0 Å². The third kappa shape index (κ3) is 3.09. The molecule has 98 valence electrons. The molecule has 0 amide bonds. The zero-order valence-corrected chi connectivity index (χ0v) is 12.4. The van der Waals surface area contributed by atoms with E-state index in [0.29, 0.717) is 5.92 Å². The zero-order valence-electron chi connectivity index (χ0n) is 10.8. The molecule has 2 atom stereocenters. The predicted octanol–water partition coefficient (Wildman–Crippen LogP) is 3.11. The molecule has 2 unspecified atom stereocenters. The summed E-state index contributed by atoms with van der Waals surface area (Å²) in [6.07, 6.45) is 5.30. The first-order chi connectivity index (χ1) is 8.58. The summed E-state index contributed by atoms with van der Waals surface area (Å²) in [6.45, 7) is 4.24. The molecule has 2 heterocycles. The lowest BCUT2D eigenvalue weighted by molar-refractivity contribution is 0.540. The van der Waals surface area contributed by atoms with Crippen LogP contribution in [0.1, 0.15) is 44.9 Å². The van der Waals surface area contributed by atoms with Crippen molar-refractivity contribution in [2.45, 2.75) is 45.1 Å². The summed E-state index contributed by atoms with van der Waals surface area (Å²) in [4.78, 5) is 0. The molecular weight excluding hydrogens is 292 g/mol. The molecule has 0 fully saturated rings.